The number of halogens is 1. The van der Waals surface area contributed by atoms with E-state index in [4.69, 9.17) is 0 Å². The second-order valence-corrected chi connectivity index (χ2v) is 7.13. The van der Waals surface area contributed by atoms with Gasteiger partial charge in [-0.05, 0) is 35.7 Å². The number of thiophene rings is 1. The molecule has 0 saturated carbocycles. The molecular weight excluding hydrogens is 400 g/mol. The smallest absolute Gasteiger partial charge is 0.263 e. The molecule has 3 aromatic rings. The van der Waals surface area contributed by atoms with Gasteiger partial charge in [0.05, 0.1) is 4.88 Å². The Balaban J connectivity index is 1.83. The fourth-order valence-corrected chi connectivity index (χ4v) is 3.15. The van der Waals surface area contributed by atoms with Crippen molar-refractivity contribution in [3.05, 3.63) is 87.0 Å². The summed E-state index contributed by atoms with van der Waals surface area (Å²) >= 11 is 4.71. The fraction of sp³-hybridized carbons (Fsp3) is 0.0526. The first-order valence-corrected chi connectivity index (χ1v) is 9.26. The molecule has 3 rings (SSSR count). The van der Waals surface area contributed by atoms with E-state index in [0.717, 1.165) is 10.2 Å². The Morgan fingerprint density at radius 1 is 0.920 bits per heavy atom. The predicted molar refractivity (Wildman–Crippen MR) is 104 cm³/mol. The summed E-state index contributed by atoms with van der Waals surface area (Å²) in [5.41, 5.74) is 1.27. The Hall–Kier alpha value is -2.44. The molecule has 6 heteroatoms. The van der Waals surface area contributed by atoms with Gasteiger partial charge in [0.1, 0.15) is 0 Å². The van der Waals surface area contributed by atoms with Gasteiger partial charge in [0.15, 0.2) is 6.17 Å². The zero-order valence-electron chi connectivity index (χ0n) is 13.1. The summed E-state index contributed by atoms with van der Waals surface area (Å²) in [4.78, 5) is 25.8. The second kappa shape index (κ2) is 8.09. The maximum absolute atomic E-state index is 12.8. The summed E-state index contributed by atoms with van der Waals surface area (Å²) < 4.78 is 0.937. The highest BCUT2D eigenvalue weighted by molar-refractivity contribution is 9.10. The third kappa shape index (κ3) is 4.55. The van der Waals surface area contributed by atoms with Crippen molar-refractivity contribution in [3.8, 4) is 0 Å². The number of carbonyl (C=O) groups excluding carboxylic acids is 2. The minimum absolute atomic E-state index is 0.201. The summed E-state index contributed by atoms with van der Waals surface area (Å²) in [5, 5.41) is 7.70. The van der Waals surface area contributed by atoms with Gasteiger partial charge in [-0.1, -0.05) is 52.3 Å². The van der Waals surface area contributed by atoms with Crippen LogP contribution in [0.2, 0.25) is 0 Å². The van der Waals surface area contributed by atoms with E-state index in [1.54, 1.807) is 36.4 Å². The Bertz CT molecular complexity index is 849. The van der Waals surface area contributed by atoms with Crippen molar-refractivity contribution in [1.29, 1.82) is 0 Å². The van der Waals surface area contributed by atoms with E-state index >= 15 is 0 Å². The molecule has 0 radical (unpaired) electrons. The number of carbonyl (C=O) groups is 2. The molecule has 126 valence electrons. The average molecular weight is 415 g/mol. The SMILES string of the molecule is O=C(N[C@@H](Nc1ccc(Br)cc1)C(=O)c1ccccc1)c1cccs1. The van der Waals surface area contributed by atoms with Crippen LogP contribution in [0.3, 0.4) is 0 Å². The zero-order chi connectivity index (χ0) is 17.6. The van der Waals surface area contributed by atoms with Crippen LogP contribution in [0, 0.1) is 0 Å². The Kier molecular flexibility index (Phi) is 5.63. The van der Waals surface area contributed by atoms with E-state index in [1.807, 2.05) is 35.7 Å². The number of ketones is 1. The van der Waals surface area contributed by atoms with Crippen molar-refractivity contribution in [2.45, 2.75) is 6.17 Å². The van der Waals surface area contributed by atoms with Crippen molar-refractivity contribution in [2.75, 3.05) is 5.32 Å². The topological polar surface area (TPSA) is 58.2 Å². The maximum atomic E-state index is 12.8. The quantitative estimate of drug-likeness (QED) is 0.458. The Morgan fingerprint density at radius 3 is 2.28 bits per heavy atom. The van der Waals surface area contributed by atoms with Crippen LogP contribution in [0.1, 0.15) is 20.0 Å². The number of anilines is 1. The molecule has 1 amide bonds. The molecule has 2 aromatic carbocycles. The van der Waals surface area contributed by atoms with E-state index in [2.05, 4.69) is 26.6 Å². The highest BCUT2D eigenvalue weighted by Crippen LogP contribution is 2.16. The summed E-state index contributed by atoms with van der Waals surface area (Å²) in [5.74, 6) is -0.484. The molecule has 25 heavy (non-hydrogen) atoms. The molecule has 0 unspecified atom stereocenters. The number of rotatable bonds is 6. The number of hydrogen-bond acceptors (Lipinski definition) is 4. The summed E-state index contributed by atoms with van der Waals surface area (Å²) in [6.07, 6.45) is -0.863. The normalized spacial score (nSPS) is 11.6. The Morgan fingerprint density at radius 2 is 1.64 bits per heavy atom. The van der Waals surface area contributed by atoms with Crippen LogP contribution >= 0.6 is 27.3 Å². The number of nitrogens with one attached hydrogen (secondary N) is 2. The summed E-state index contributed by atoms with van der Waals surface area (Å²) in [6.45, 7) is 0. The van der Waals surface area contributed by atoms with Crippen LogP contribution in [-0.2, 0) is 0 Å². The lowest BCUT2D eigenvalue weighted by Gasteiger charge is -2.20. The lowest BCUT2D eigenvalue weighted by atomic mass is 10.1. The first kappa shape index (κ1) is 17.4. The molecule has 1 heterocycles. The van der Waals surface area contributed by atoms with Crippen LogP contribution in [0.15, 0.2) is 76.6 Å². The van der Waals surface area contributed by atoms with Gasteiger partial charge in [-0.2, -0.15) is 0 Å². The first-order chi connectivity index (χ1) is 12.1. The van der Waals surface area contributed by atoms with Gasteiger partial charge in [0.25, 0.3) is 5.91 Å². The van der Waals surface area contributed by atoms with Gasteiger partial charge in [0, 0.05) is 15.7 Å². The predicted octanol–water partition coefficient (Wildman–Crippen LogP) is 4.56. The van der Waals surface area contributed by atoms with E-state index < -0.39 is 6.17 Å². The van der Waals surface area contributed by atoms with Gasteiger partial charge in [-0.3, -0.25) is 9.59 Å². The van der Waals surface area contributed by atoms with Gasteiger partial charge in [0.2, 0.25) is 5.78 Å². The number of Topliss-reactive ketones (excluding diaryl/α,β-unsaturated/α-hetero) is 1. The number of hydrogen-bond donors (Lipinski definition) is 2. The Labute approximate surface area is 158 Å². The molecule has 0 aliphatic rings. The van der Waals surface area contributed by atoms with E-state index in [0.29, 0.717) is 10.4 Å². The minimum atomic E-state index is -0.863. The molecule has 2 N–H and O–H groups in total. The summed E-state index contributed by atoms with van der Waals surface area (Å²) in [7, 11) is 0. The van der Waals surface area contributed by atoms with Crippen LogP contribution in [0.5, 0.6) is 0 Å². The van der Waals surface area contributed by atoms with Crippen molar-refractivity contribution < 1.29 is 9.59 Å². The summed E-state index contributed by atoms with van der Waals surface area (Å²) in [6, 6.07) is 19.8. The van der Waals surface area contributed by atoms with Crippen molar-refractivity contribution in [2.24, 2.45) is 0 Å². The maximum Gasteiger partial charge on any atom is 0.263 e. The highest BCUT2D eigenvalue weighted by atomic mass is 79.9. The van der Waals surface area contributed by atoms with Crippen LogP contribution in [0.4, 0.5) is 5.69 Å². The van der Waals surface area contributed by atoms with Gasteiger partial charge in [-0.25, -0.2) is 0 Å². The van der Waals surface area contributed by atoms with Crippen LogP contribution in [-0.4, -0.2) is 17.9 Å². The molecule has 1 aromatic heterocycles. The molecule has 0 bridgehead atoms. The van der Waals surface area contributed by atoms with E-state index in [-0.39, 0.29) is 11.7 Å². The van der Waals surface area contributed by atoms with Crippen LogP contribution < -0.4 is 10.6 Å². The third-order valence-corrected chi connectivity index (χ3v) is 4.89. The molecule has 0 spiro atoms. The minimum Gasteiger partial charge on any atom is -0.359 e. The zero-order valence-corrected chi connectivity index (χ0v) is 15.5. The number of benzene rings is 2. The van der Waals surface area contributed by atoms with Gasteiger partial charge >= 0.3 is 0 Å². The van der Waals surface area contributed by atoms with Gasteiger partial charge in [-0.15, -0.1) is 11.3 Å². The van der Waals surface area contributed by atoms with E-state index in [9.17, 15) is 9.59 Å². The molecule has 0 aliphatic carbocycles. The van der Waals surface area contributed by atoms with E-state index in [1.165, 1.54) is 11.3 Å². The van der Waals surface area contributed by atoms with Gasteiger partial charge < -0.3 is 10.6 Å². The standard InChI is InChI=1S/C19H15BrN2O2S/c20-14-8-10-15(11-9-14)21-18(17(23)13-5-2-1-3-6-13)22-19(24)16-7-4-12-25-16/h1-12,18,21H,(H,22,24)/t18-/m1/s1. The molecule has 4 nitrogen and oxygen atoms in total. The fourth-order valence-electron chi connectivity index (χ4n) is 2.26. The van der Waals surface area contributed by atoms with Crippen LogP contribution in [0.25, 0.3) is 0 Å². The molecule has 0 saturated heterocycles. The third-order valence-electron chi connectivity index (χ3n) is 3.50. The lowest BCUT2D eigenvalue weighted by molar-refractivity contribution is 0.0872. The molecular formula is C19H15BrN2O2S. The van der Waals surface area contributed by atoms with Crippen molar-refractivity contribution in [1.82, 2.24) is 5.32 Å². The second-order valence-electron chi connectivity index (χ2n) is 5.27. The highest BCUT2D eigenvalue weighted by Gasteiger charge is 2.23. The van der Waals surface area contributed by atoms with Crippen molar-refractivity contribution >= 4 is 44.6 Å². The molecule has 0 aliphatic heterocycles. The molecule has 1 atom stereocenters. The first-order valence-electron chi connectivity index (χ1n) is 7.59. The monoisotopic (exact) mass is 414 g/mol. The van der Waals surface area contributed by atoms with Crippen molar-refractivity contribution in [3.63, 3.8) is 0 Å². The average Bonchev–Trinajstić information content (AvgIpc) is 3.18. The molecule has 0 fully saturated rings. The largest absolute Gasteiger partial charge is 0.359 e. The lowest BCUT2D eigenvalue weighted by Crippen LogP contribution is -2.46. The number of amides is 1.